The summed E-state index contributed by atoms with van der Waals surface area (Å²) in [6, 6.07) is 0.194. The first-order chi connectivity index (χ1) is 10.1. The lowest BCUT2D eigenvalue weighted by molar-refractivity contribution is -0.141. The van der Waals surface area contributed by atoms with E-state index in [0.717, 1.165) is 38.0 Å². The lowest BCUT2D eigenvalue weighted by atomic mass is 9.76. The Bertz CT molecular complexity index is 455. The van der Waals surface area contributed by atoms with Gasteiger partial charge in [-0.2, -0.15) is 0 Å². The first-order valence-corrected chi connectivity index (χ1v) is 7.82. The second-order valence-electron chi connectivity index (χ2n) is 6.04. The molecule has 0 aromatic heterocycles. The molecule has 0 spiro atoms. The van der Waals surface area contributed by atoms with Gasteiger partial charge in [0.2, 0.25) is 5.91 Å². The van der Waals surface area contributed by atoms with Crippen molar-refractivity contribution in [3.05, 3.63) is 23.5 Å². The molecule has 118 valence electrons. The minimum Gasteiger partial charge on any atom is -0.500 e. The van der Waals surface area contributed by atoms with E-state index in [9.17, 15) is 4.79 Å². The van der Waals surface area contributed by atoms with E-state index in [4.69, 9.17) is 9.47 Å². The van der Waals surface area contributed by atoms with E-state index in [0.29, 0.717) is 6.61 Å². The topological polar surface area (TPSA) is 38.8 Å². The van der Waals surface area contributed by atoms with Crippen molar-refractivity contribution in [3.8, 4) is 0 Å². The van der Waals surface area contributed by atoms with Crippen LogP contribution in [0.4, 0.5) is 0 Å². The number of hydrogen-bond acceptors (Lipinski definition) is 3. The standard InChI is InChI=1S/C17H27NO3/c1-5-17(11-13(2)8-9-15(17)21-4)16(19)18-10-6-7-14(18)12-20-3/h9,11,14H,5-8,10,12H2,1-4H3/t14-,17+/m0/s1. The minimum absolute atomic E-state index is 0.164. The van der Waals surface area contributed by atoms with Gasteiger partial charge >= 0.3 is 0 Å². The van der Waals surface area contributed by atoms with Gasteiger partial charge in [0.15, 0.2) is 0 Å². The predicted octanol–water partition coefficient (Wildman–Crippen LogP) is 2.90. The molecule has 1 aliphatic heterocycles. The Balaban J connectivity index is 2.32. The van der Waals surface area contributed by atoms with Crippen molar-refractivity contribution in [2.75, 3.05) is 27.4 Å². The van der Waals surface area contributed by atoms with Crippen LogP contribution in [-0.4, -0.2) is 44.2 Å². The molecule has 0 aromatic rings. The van der Waals surface area contributed by atoms with E-state index >= 15 is 0 Å². The molecule has 1 fully saturated rings. The SMILES string of the molecule is CC[C@@]1(C(=O)N2CCC[C@H]2COC)C=C(C)CC=C1OC. The summed E-state index contributed by atoms with van der Waals surface area (Å²) in [7, 11) is 3.36. The molecule has 1 amide bonds. The van der Waals surface area contributed by atoms with E-state index in [1.54, 1.807) is 14.2 Å². The summed E-state index contributed by atoms with van der Waals surface area (Å²) in [5.74, 6) is 0.959. The van der Waals surface area contributed by atoms with Gasteiger partial charge in [-0.05, 0) is 38.7 Å². The number of carbonyl (C=O) groups is 1. The summed E-state index contributed by atoms with van der Waals surface area (Å²) in [5.41, 5.74) is 0.599. The molecule has 0 N–H and O–H groups in total. The normalized spacial score (nSPS) is 29.1. The van der Waals surface area contributed by atoms with Crippen LogP contribution >= 0.6 is 0 Å². The highest BCUT2D eigenvalue weighted by molar-refractivity contribution is 5.88. The molecule has 0 unspecified atom stereocenters. The van der Waals surface area contributed by atoms with Crippen LogP contribution in [0.3, 0.4) is 0 Å². The number of rotatable bonds is 5. The Kier molecular flexibility index (Phi) is 5.09. The van der Waals surface area contributed by atoms with Crippen LogP contribution in [0.1, 0.15) is 39.5 Å². The summed E-state index contributed by atoms with van der Waals surface area (Å²) in [6.45, 7) is 5.57. The Hall–Kier alpha value is -1.29. The monoisotopic (exact) mass is 293 g/mol. The highest BCUT2D eigenvalue weighted by Crippen LogP contribution is 2.42. The molecule has 2 atom stereocenters. The smallest absolute Gasteiger partial charge is 0.240 e. The zero-order valence-corrected chi connectivity index (χ0v) is 13.6. The van der Waals surface area contributed by atoms with Gasteiger partial charge < -0.3 is 14.4 Å². The zero-order chi connectivity index (χ0) is 15.5. The number of allylic oxidation sites excluding steroid dienone is 2. The van der Waals surface area contributed by atoms with Crippen molar-refractivity contribution in [3.63, 3.8) is 0 Å². The Morgan fingerprint density at radius 2 is 2.24 bits per heavy atom. The molecule has 21 heavy (non-hydrogen) atoms. The van der Waals surface area contributed by atoms with Gasteiger partial charge in [0.1, 0.15) is 11.2 Å². The Morgan fingerprint density at radius 3 is 2.86 bits per heavy atom. The van der Waals surface area contributed by atoms with Gasteiger partial charge in [0.25, 0.3) is 0 Å². The second kappa shape index (κ2) is 6.65. The van der Waals surface area contributed by atoms with Gasteiger partial charge in [-0.15, -0.1) is 0 Å². The van der Waals surface area contributed by atoms with E-state index in [-0.39, 0.29) is 11.9 Å². The second-order valence-corrected chi connectivity index (χ2v) is 6.04. The van der Waals surface area contributed by atoms with Gasteiger partial charge in [-0.3, -0.25) is 4.79 Å². The summed E-state index contributed by atoms with van der Waals surface area (Å²) < 4.78 is 10.8. The maximum Gasteiger partial charge on any atom is 0.240 e. The molecule has 0 aromatic carbocycles. The number of nitrogens with zero attached hydrogens (tertiary/aromatic N) is 1. The summed E-state index contributed by atoms with van der Waals surface area (Å²) >= 11 is 0. The number of ether oxygens (including phenoxy) is 2. The average Bonchev–Trinajstić information content (AvgIpc) is 2.94. The van der Waals surface area contributed by atoms with Crippen molar-refractivity contribution >= 4 is 5.91 Å². The molecule has 1 saturated heterocycles. The molecular weight excluding hydrogens is 266 g/mol. The maximum absolute atomic E-state index is 13.3. The number of methoxy groups -OCH3 is 2. The van der Waals surface area contributed by atoms with Gasteiger partial charge in [0, 0.05) is 13.7 Å². The highest BCUT2D eigenvalue weighted by Gasteiger charge is 2.46. The van der Waals surface area contributed by atoms with Crippen molar-refractivity contribution in [2.24, 2.45) is 5.41 Å². The molecule has 1 aliphatic carbocycles. The van der Waals surface area contributed by atoms with Crippen molar-refractivity contribution in [1.29, 1.82) is 0 Å². The van der Waals surface area contributed by atoms with Crippen LogP contribution in [0.2, 0.25) is 0 Å². The predicted molar refractivity (Wildman–Crippen MR) is 82.8 cm³/mol. The zero-order valence-electron chi connectivity index (χ0n) is 13.6. The molecule has 2 aliphatic rings. The van der Waals surface area contributed by atoms with Crippen LogP contribution in [0.25, 0.3) is 0 Å². The molecule has 0 bridgehead atoms. The van der Waals surface area contributed by atoms with Crippen molar-refractivity contribution < 1.29 is 14.3 Å². The largest absolute Gasteiger partial charge is 0.500 e. The Labute approximate surface area is 127 Å². The number of carbonyl (C=O) groups excluding carboxylic acids is 1. The van der Waals surface area contributed by atoms with Crippen molar-refractivity contribution in [1.82, 2.24) is 4.90 Å². The fourth-order valence-electron chi connectivity index (χ4n) is 3.57. The van der Waals surface area contributed by atoms with Crippen LogP contribution in [0, 0.1) is 5.41 Å². The lowest BCUT2D eigenvalue weighted by Crippen LogP contribution is -2.48. The van der Waals surface area contributed by atoms with Crippen LogP contribution in [0.5, 0.6) is 0 Å². The first kappa shape index (κ1) is 16.1. The number of likely N-dealkylation sites (tertiary alicyclic amines) is 1. The van der Waals surface area contributed by atoms with E-state index in [1.165, 1.54) is 5.57 Å². The molecule has 0 radical (unpaired) electrons. The van der Waals surface area contributed by atoms with E-state index in [1.807, 2.05) is 4.90 Å². The summed E-state index contributed by atoms with van der Waals surface area (Å²) in [6.07, 6.45) is 7.82. The quantitative estimate of drug-likeness (QED) is 0.732. The third-order valence-electron chi connectivity index (χ3n) is 4.70. The van der Waals surface area contributed by atoms with E-state index < -0.39 is 5.41 Å². The summed E-state index contributed by atoms with van der Waals surface area (Å²) in [5, 5.41) is 0. The molecule has 0 saturated carbocycles. The fourth-order valence-corrected chi connectivity index (χ4v) is 3.57. The summed E-state index contributed by atoms with van der Waals surface area (Å²) in [4.78, 5) is 15.3. The maximum atomic E-state index is 13.3. The molecule has 4 heteroatoms. The molecule has 1 heterocycles. The lowest BCUT2D eigenvalue weighted by Gasteiger charge is -2.38. The van der Waals surface area contributed by atoms with Gasteiger partial charge in [-0.25, -0.2) is 0 Å². The number of hydrogen-bond donors (Lipinski definition) is 0. The van der Waals surface area contributed by atoms with Gasteiger partial charge in [-0.1, -0.05) is 18.6 Å². The van der Waals surface area contributed by atoms with Crippen LogP contribution < -0.4 is 0 Å². The third-order valence-corrected chi connectivity index (χ3v) is 4.70. The van der Waals surface area contributed by atoms with Crippen molar-refractivity contribution in [2.45, 2.75) is 45.6 Å². The van der Waals surface area contributed by atoms with E-state index in [2.05, 4.69) is 26.0 Å². The molecule has 2 rings (SSSR count). The third kappa shape index (κ3) is 2.86. The minimum atomic E-state index is -0.632. The molecular formula is C17H27NO3. The average molecular weight is 293 g/mol. The first-order valence-electron chi connectivity index (χ1n) is 7.82. The number of amides is 1. The van der Waals surface area contributed by atoms with Crippen LogP contribution in [0.15, 0.2) is 23.5 Å². The van der Waals surface area contributed by atoms with Gasteiger partial charge in [0.05, 0.1) is 19.8 Å². The Morgan fingerprint density at radius 1 is 1.48 bits per heavy atom. The fraction of sp³-hybridized carbons (Fsp3) is 0.706. The highest BCUT2D eigenvalue weighted by atomic mass is 16.5. The van der Waals surface area contributed by atoms with Crippen LogP contribution in [-0.2, 0) is 14.3 Å². The molecule has 4 nitrogen and oxygen atoms in total.